The van der Waals surface area contributed by atoms with Crippen LogP contribution in [0.1, 0.15) is 92.1 Å². The van der Waals surface area contributed by atoms with E-state index in [0.717, 1.165) is 30.3 Å². The van der Waals surface area contributed by atoms with E-state index in [4.69, 9.17) is 15.9 Å². The Morgan fingerprint density at radius 2 is 1.76 bits per heavy atom. The van der Waals surface area contributed by atoms with Crippen molar-refractivity contribution >= 4 is 40.7 Å². The molecule has 3 fully saturated rings. The Hall–Kier alpha value is -3.33. The highest BCUT2D eigenvalue weighted by atomic mass is 32.1. The summed E-state index contributed by atoms with van der Waals surface area (Å²) >= 11 is 0.803. The van der Waals surface area contributed by atoms with Gasteiger partial charge in [-0.15, -0.1) is 11.3 Å². The fourth-order valence-electron chi connectivity index (χ4n) is 5.98. The van der Waals surface area contributed by atoms with Gasteiger partial charge in [-0.3, -0.25) is 9.59 Å². The van der Waals surface area contributed by atoms with Crippen LogP contribution in [0.15, 0.2) is 18.2 Å². The number of carboxylic acid groups (broad SMARTS) is 1. The molecule has 3 aliphatic rings. The topological polar surface area (TPSA) is 136 Å². The van der Waals surface area contributed by atoms with Gasteiger partial charge in [-0.25, -0.2) is 10.2 Å². The van der Waals surface area contributed by atoms with Gasteiger partial charge < -0.3 is 20.5 Å². The van der Waals surface area contributed by atoms with Crippen molar-refractivity contribution in [3.8, 4) is 11.8 Å². The van der Waals surface area contributed by atoms with Crippen molar-refractivity contribution in [2.45, 2.75) is 95.9 Å². The smallest absolute Gasteiger partial charge is 0.405 e. The normalized spacial score (nSPS) is 25.5. The summed E-state index contributed by atoms with van der Waals surface area (Å²) in [5, 5.41) is 15.9. The maximum absolute atomic E-state index is 14.0. The van der Waals surface area contributed by atoms with Gasteiger partial charge in [0, 0.05) is 18.0 Å². The van der Waals surface area contributed by atoms with E-state index in [1.165, 1.54) is 12.1 Å². The number of carbonyl (C=O) groups is 3. The standard InChI is InChI=1S/C30H36F3N3O5S/c1-18-3-5-19(6-4-18)27(38)36(20-7-9-21(10-8-20)41-25(35)12-11-24(34)37)23-17-22(42-26(23)28(39)40)13-16-29(14-2-15-29)30(31,32)33/h11-12,17-21,35H,2-10,14-15H2,1H3,(H2,34,37)(H,39,40)/p+1/b12-11-,35-25?. The number of carbonyl (C=O) groups excluding carboxylic acids is 2. The van der Waals surface area contributed by atoms with E-state index < -0.39 is 23.5 Å². The third-order valence-electron chi connectivity index (χ3n) is 8.67. The van der Waals surface area contributed by atoms with Crippen molar-refractivity contribution in [2.75, 3.05) is 4.90 Å². The number of amides is 2. The van der Waals surface area contributed by atoms with E-state index in [2.05, 4.69) is 18.8 Å². The summed E-state index contributed by atoms with van der Waals surface area (Å²) in [5.41, 5.74) is 3.21. The molecule has 12 heteroatoms. The highest BCUT2D eigenvalue weighted by Crippen LogP contribution is 2.52. The number of alkyl halides is 3. The molecule has 3 aliphatic carbocycles. The Morgan fingerprint density at radius 1 is 1.12 bits per heavy atom. The first-order valence-corrected chi connectivity index (χ1v) is 15.2. The molecule has 3 saturated carbocycles. The lowest BCUT2D eigenvalue weighted by Crippen LogP contribution is -2.48. The lowest BCUT2D eigenvalue weighted by molar-refractivity contribution is -0.225. The average Bonchev–Trinajstić information content (AvgIpc) is 3.31. The first kappa shape index (κ1) is 31.6. The first-order valence-electron chi connectivity index (χ1n) is 14.4. The predicted octanol–water partition coefficient (Wildman–Crippen LogP) is 4.22. The molecule has 1 heterocycles. The van der Waals surface area contributed by atoms with Crippen molar-refractivity contribution in [1.29, 1.82) is 0 Å². The molecule has 1 aromatic heterocycles. The number of carboxylic acids is 1. The number of halogens is 3. The number of hydrogen-bond acceptors (Lipinski definition) is 5. The molecule has 0 aromatic carbocycles. The number of nitrogens with two attached hydrogens (primary N) is 2. The van der Waals surface area contributed by atoms with Gasteiger partial charge in [-0.2, -0.15) is 13.2 Å². The summed E-state index contributed by atoms with van der Waals surface area (Å²) in [5.74, 6) is 3.21. The molecule has 0 saturated heterocycles. The van der Waals surface area contributed by atoms with Crippen LogP contribution in [-0.4, -0.2) is 47.1 Å². The maximum Gasteiger partial charge on any atom is 0.405 e. The summed E-state index contributed by atoms with van der Waals surface area (Å²) in [7, 11) is 0. The minimum absolute atomic E-state index is 0.0406. The second-order valence-electron chi connectivity index (χ2n) is 11.7. The van der Waals surface area contributed by atoms with Crippen LogP contribution >= 0.6 is 11.3 Å². The minimum Gasteiger partial charge on any atom is -0.477 e. The van der Waals surface area contributed by atoms with Gasteiger partial charge in [0.25, 0.3) is 0 Å². The Bertz CT molecular complexity index is 1290. The Kier molecular flexibility index (Phi) is 9.70. The number of rotatable bonds is 7. The molecule has 0 atom stereocenters. The van der Waals surface area contributed by atoms with Crippen molar-refractivity contribution in [2.24, 2.45) is 23.0 Å². The molecule has 0 unspecified atom stereocenters. The Balaban J connectivity index is 1.61. The zero-order valence-electron chi connectivity index (χ0n) is 23.5. The first-order chi connectivity index (χ1) is 19.8. The lowest BCUT2D eigenvalue weighted by Gasteiger charge is -2.39. The van der Waals surface area contributed by atoms with Gasteiger partial charge >= 0.3 is 18.0 Å². The van der Waals surface area contributed by atoms with Gasteiger partial charge in [0.1, 0.15) is 16.4 Å². The van der Waals surface area contributed by atoms with E-state index in [1.54, 1.807) is 4.90 Å². The third kappa shape index (κ3) is 7.17. The van der Waals surface area contributed by atoms with E-state index in [1.807, 2.05) is 0 Å². The van der Waals surface area contributed by atoms with Crippen molar-refractivity contribution in [3.05, 3.63) is 28.0 Å². The van der Waals surface area contributed by atoms with E-state index >= 15 is 0 Å². The number of aromatic carboxylic acids is 1. The number of nitrogens with zero attached hydrogens (tertiary/aromatic N) is 1. The van der Waals surface area contributed by atoms with Crippen LogP contribution in [0.25, 0.3) is 0 Å². The molecular formula is C30H37F3N3O5S+. The average molecular weight is 609 g/mol. The Morgan fingerprint density at radius 3 is 2.29 bits per heavy atom. The molecule has 0 radical (unpaired) electrons. The summed E-state index contributed by atoms with van der Waals surface area (Å²) in [4.78, 5) is 39.0. The van der Waals surface area contributed by atoms with Gasteiger partial charge in [0.2, 0.25) is 11.8 Å². The summed E-state index contributed by atoms with van der Waals surface area (Å²) in [6.07, 6.45) is 3.14. The highest BCUT2D eigenvalue weighted by Gasteiger charge is 2.57. The molecule has 228 valence electrons. The lowest BCUT2D eigenvalue weighted by atomic mass is 9.69. The fraction of sp³-hybridized carbons (Fsp3) is 0.600. The zero-order valence-corrected chi connectivity index (χ0v) is 24.4. The molecule has 0 aliphatic heterocycles. The predicted molar refractivity (Wildman–Crippen MR) is 151 cm³/mol. The van der Waals surface area contributed by atoms with Crippen LogP contribution in [-0.2, 0) is 14.3 Å². The van der Waals surface area contributed by atoms with Gasteiger partial charge in [-0.1, -0.05) is 18.8 Å². The SMILES string of the molecule is CC1CCC(C(=O)N(c2cc(C#CC3(C(F)(F)F)CCC3)sc2C(=O)O)C2CCC(OC(=[NH2+])/C=C\C(N)=O)CC2)CC1. The van der Waals surface area contributed by atoms with Crippen LogP contribution in [0.5, 0.6) is 0 Å². The number of anilines is 1. The molecule has 0 spiro atoms. The van der Waals surface area contributed by atoms with Gasteiger partial charge in [0.15, 0.2) is 0 Å². The molecule has 0 bridgehead atoms. The summed E-state index contributed by atoms with van der Waals surface area (Å²) in [6.45, 7) is 2.14. The molecule has 5 N–H and O–H groups in total. The van der Waals surface area contributed by atoms with Gasteiger partial charge in [-0.05, 0) is 82.6 Å². The van der Waals surface area contributed by atoms with Crippen LogP contribution in [0.2, 0.25) is 0 Å². The number of thiophene rings is 1. The summed E-state index contributed by atoms with van der Waals surface area (Å²) in [6, 6.07) is 1.14. The molecule has 8 nitrogen and oxygen atoms in total. The van der Waals surface area contributed by atoms with Crippen LogP contribution < -0.4 is 16.0 Å². The second-order valence-corrected chi connectivity index (χ2v) is 12.7. The largest absolute Gasteiger partial charge is 0.477 e. The summed E-state index contributed by atoms with van der Waals surface area (Å²) < 4.78 is 46.8. The highest BCUT2D eigenvalue weighted by molar-refractivity contribution is 7.15. The van der Waals surface area contributed by atoms with Crippen molar-refractivity contribution < 1.29 is 42.8 Å². The van der Waals surface area contributed by atoms with Gasteiger partial charge in [0.05, 0.1) is 16.6 Å². The number of primary amides is 1. The number of ether oxygens (including phenoxy) is 1. The third-order valence-corrected chi connectivity index (χ3v) is 9.69. The quantitative estimate of drug-likeness (QED) is 0.184. The molecule has 42 heavy (non-hydrogen) atoms. The number of hydrogen-bond donors (Lipinski definition) is 3. The molecular weight excluding hydrogens is 571 g/mol. The van der Waals surface area contributed by atoms with Crippen LogP contribution in [0, 0.1) is 29.1 Å². The minimum atomic E-state index is -4.47. The van der Waals surface area contributed by atoms with E-state index in [0.29, 0.717) is 50.9 Å². The maximum atomic E-state index is 14.0. The van der Waals surface area contributed by atoms with E-state index in [-0.39, 0.29) is 58.2 Å². The molecule has 1 aromatic rings. The fourth-order valence-corrected chi connectivity index (χ4v) is 6.82. The van der Waals surface area contributed by atoms with Crippen molar-refractivity contribution in [1.82, 2.24) is 0 Å². The monoisotopic (exact) mass is 608 g/mol. The Labute approximate surface area is 247 Å². The molecule has 4 rings (SSSR count). The molecule has 2 amide bonds. The van der Waals surface area contributed by atoms with Crippen LogP contribution in [0.4, 0.5) is 18.9 Å². The van der Waals surface area contributed by atoms with Crippen molar-refractivity contribution in [3.63, 3.8) is 0 Å². The second kappa shape index (κ2) is 12.9. The zero-order chi connectivity index (χ0) is 30.7. The van der Waals surface area contributed by atoms with E-state index in [9.17, 15) is 32.7 Å². The van der Waals surface area contributed by atoms with Crippen LogP contribution in [0.3, 0.4) is 0 Å².